The molecule has 2 aromatic rings. The van der Waals surface area contributed by atoms with Gasteiger partial charge in [-0.1, -0.05) is 29.8 Å². The number of aliphatic hydroxyl groups excluding tert-OH is 1. The molecule has 9 heteroatoms. The van der Waals surface area contributed by atoms with Gasteiger partial charge in [-0.2, -0.15) is 13.2 Å². The Morgan fingerprint density at radius 3 is 2.48 bits per heavy atom. The van der Waals surface area contributed by atoms with E-state index in [9.17, 15) is 23.1 Å². The highest BCUT2D eigenvalue weighted by molar-refractivity contribution is 6.32. The smallest absolute Gasteiger partial charge is 0.416 e. The molecule has 0 fully saturated rings. The molecule has 0 aliphatic rings. The molecular formula is C18H17ClF3NO4. The minimum absolute atomic E-state index is 0.106. The van der Waals surface area contributed by atoms with Gasteiger partial charge >= 0.3 is 6.18 Å². The minimum atomic E-state index is -4.61. The third-order valence-electron chi connectivity index (χ3n) is 3.78. The molecule has 1 unspecified atom stereocenters. The van der Waals surface area contributed by atoms with Crippen molar-refractivity contribution in [1.82, 2.24) is 5.32 Å². The lowest BCUT2D eigenvalue weighted by Gasteiger charge is -2.18. The lowest BCUT2D eigenvalue weighted by Crippen LogP contribution is -2.29. The van der Waals surface area contributed by atoms with E-state index in [1.54, 1.807) is 0 Å². The predicted octanol–water partition coefficient (Wildman–Crippen LogP) is 3.84. The third-order valence-corrected chi connectivity index (χ3v) is 4.06. The molecule has 146 valence electrons. The summed E-state index contributed by atoms with van der Waals surface area (Å²) in [5, 5.41) is 12.6. The zero-order valence-corrected chi connectivity index (χ0v) is 15.2. The summed E-state index contributed by atoms with van der Waals surface area (Å²) in [7, 11) is 2.76. The number of amides is 1. The fourth-order valence-corrected chi connectivity index (χ4v) is 2.78. The molecule has 1 amide bonds. The summed E-state index contributed by atoms with van der Waals surface area (Å²) in [6.45, 7) is -0.419. The van der Waals surface area contributed by atoms with Crippen molar-refractivity contribution in [2.45, 2.75) is 12.3 Å². The maximum absolute atomic E-state index is 13.0. The van der Waals surface area contributed by atoms with Crippen LogP contribution < -0.4 is 14.8 Å². The van der Waals surface area contributed by atoms with Crippen LogP contribution in [0.15, 0.2) is 36.4 Å². The zero-order valence-electron chi connectivity index (χ0n) is 14.4. The normalized spacial score (nSPS) is 12.4. The lowest BCUT2D eigenvalue weighted by atomic mass is 10.0. The SMILES string of the molecule is COc1cc(C(=O)NCC(O)c2ccccc2C(F)(F)F)cc(Cl)c1OC. The van der Waals surface area contributed by atoms with E-state index in [1.807, 2.05) is 0 Å². The van der Waals surface area contributed by atoms with Crippen molar-refractivity contribution in [3.05, 3.63) is 58.1 Å². The molecule has 0 aliphatic heterocycles. The molecule has 2 N–H and O–H groups in total. The molecule has 0 aromatic heterocycles. The Morgan fingerprint density at radius 1 is 1.22 bits per heavy atom. The number of nitrogens with one attached hydrogen (secondary N) is 1. The second kappa shape index (κ2) is 8.49. The van der Waals surface area contributed by atoms with Gasteiger partial charge in [0, 0.05) is 12.1 Å². The summed E-state index contributed by atoms with van der Waals surface area (Å²) < 4.78 is 49.3. The molecule has 1 atom stereocenters. The fraction of sp³-hybridized carbons (Fsp3) is 0.278. The molecule has 2 rings (SSSR count). The maximum atomic E-state index is 13.0. The summed E-state index contributed by atoms with van der Waals surface area (Å²) in [5.74, 6) is -0.172. The number of hydrogen-bond donors (Lipinski definition) is 2. The number of methoxy groups -OCH3 is 2. The summed E-state index contributed by atoms with van der Waals surface area (Å²) >= 11 is 6.03. The molecule has 2 aromatic carbocycles. The first-order valence-corrected chi connectivity index (χ1v) is 8.10. The van der Waals surface area contributed by atoms with Crippen LogP contribution in [-0.2, 0) is 6.18 Å². The van der Waals surface area contributed by atoms with Gasteiger partial charge in [-0.05, 0) is 23.8 Å². The highest BCUT2D eigenvalue weighted by Gasteiger charge is 2.34. The van der Waals surface area contributed by atoms with Gasteiger partial charge in [-0.25, -0.2) is 0 Å². The van der Waals surface area contributed by atoms with Gasteiger partial charge < -0.3 is 19.9 Å². The van der Waals surface area contributed by atoms with Crippen molar-refractivity contribution in [3.63, 3.8) is 0 Å². The van der Waals surface area contributed by atoms with E-state index in [1.165, 1.54) is 38.5 Å². The van der Waals surface area contributed by atoms with Gasteiger partial charge in [0.25, 0.3) is 5.91 Å². The Labute approximate surface area is 158 Å². The van der Waals surface area contributed by atoms with E-state index in [-0.39, 0.29) is 27.6 Å². The molecular weight excluding hydrogens is 387 g/mol. The van der Waals surface area contributed by atoms with Gasteiger partial charge in [0.05, 0.1) is 30.9 Å². The highest BCUT2D eigenvalue weighted by atomic mass is 35.5. The van der Waals surface area contributed by atoms with Crippen molar-refractivity contribution in [2.24, 2.45) is 0 Å². The monoisotopic (exact) mass is 403 g/mol. The Morgan fingerprint density at radius 2 is 1.89 bits per heavy atom. The summed E-state index contributed by atoms with van der Waals surface area (Å²) in [4.78, 5) is 12.3. The Bertz CT molecular complexity index is 827. The molecule has 0 radical (unpaired) electrons. The van der Waals surface area contributed by atoms with E-state index >= 15 is 0 Å². The number of alkyl halides is 3. The third kappa shape index (κ3) is 4.84. The van der Waals surface area contributed by atoms with Gasteiger partial charge in [0.2, 0.25) is 0 Å². The van der Waals surface area contributed by atoms with E-state index in [0.717, 1.165) is 12.1 Å². The number of carbonyl (C=O) groups excluding carboxylic acids is 1. The molecule has 0 saturated carbocycles. The number of carbonyl (C=O) groups is 1. The van der Waals surface area contributed by atoms with E-state index in [0.29, 0.717) is 0 Å². The number of halogens is 4. The van der Waals surface area contributed by atoms with Crippen molar-refractivity contribution in [1.29, 1.82) is 0 Å². The first-order valence-electron chi connectivity index (χ1n) is 7.73. The Kier molecular flexibility index (Phi) is 6.56. The molecule has 0 saturated heterocycles. The van der Waals surface area contributed by atoms with Crippen LogP contribution in [0.4, 0.5) is 13.2 Å². The van der Waals surface area contributed by atoms with Crippen LogP contribution in [-0.4, -0.2) is 31.8 Å². The van der Waals surface area contributed by atoms with Crippen LogP contribution in [0, 0.1) is 0 Å². The quantitative estimate of drug-likeness (QED) is 0.769. The fourth-order valence-electron chi connectivity index (χ4n) is 2.50. The van der Waals surface area contributed by atoms with Crippen molar-refractivity contribution >= 4 is 17.5 Å². The van der Waals surface area contributed by atoms with Crippen molar-refractivity contribution in [3.8, 4) is 11.5 Å². The molecule has 27 heavy (non-hydrogen) atoms. The number of benzene rings is 2. The summed E-state index contributed by atoms with van der Waals surface area (Å²) in [5.41, 5.74) is -1.18. The second-order valence-corrected chi connectivity index (χ2v) is 5.91. The van der Waals surface area contributed by atoms with Crippen LogP contribution in [0.2, 0.25) is 5.02 Å². The Balaban J connectivity index is 2.16. The molecule has 0 spiro atoms. The van der Waals surface area contributed by atoms with E-state index < -0.39 is 30.3 Å². The topological polar surface area (TPSA) is 67.8 Å². The van der Waals surface area contributed by atoms with Crippen LogP contribution in [0.25, 0.3) is 0 Å². The van der Waals surface area contributed by atoms with Gasteiger partial charge in [-0.15, -0.1) is 0 Å². The maximum Gasteiger partial charge on any atom is 0.416 e. The molecule has 0 bridgehead atoms. The van der Waals surface area contributed by atoms with Gasteiger partial charge in [-0.3, -0.25) is 4.79 Å². The van der Waals surface area contributed by atoms with E-state index in [4.69, 9.17) is 21.1 Å². The van der Waals surface area contributed by atoms with Gasteiger partial charge in [0.15, 0.2) is 11.5 Å². The number of hydrogen-bond acceptors (Lipinski definition) is 4. The molecule has 0 heterocycles. The molecule has 5 nitrogen and oxygen atoms in total. The van der Waals surface area contributed by atoms with Crippen LogP contribution in [0.3, 0.4) is 0 Å². The zero-order chi connectivity index (χ0) is 20.2. The number of aliphatic hydroxyl groups is 1. The number of rotatable bonds is 6. The predicted molar refractivity (Wildman–Crippen MR) is 93.3 cm³/mol. The van der Waals surface area contributed by atoms with Crippen molar-refractivity contribution < 1.29 is 32.5 Å². The average molecular weight is 404 g/mol. The highest BCUT2D eigenvalue weighted by Crippen LogP contribution is 2.36. The number of ether oxygens (including phenoxy) is 2. The lowest BCUT2D eigenvalue weighted by molar-refractivity contribution is -0.139. The van der Waals surface area contributed by atoms with Crippen LogP contribution in [0.5, 0.6) is 11.5 Å². The van der Waals surface area contributed by atoms with Gasteiger partial charge in [0.1, 0.15) is 0 Å². The van der Waals surface area contributed by atoms with Crippen LogP contribution >= 0.6 is 11.6 Å². The Hall–Kier alpha value is -2.45. The summed E-state index contributed by atoms with van der Waals surface area (Å²) in [6, 6.07) is 7.33. The first kappa shape index (κ1) is 20.9. The standard InChI is InChI=1S/C18H17ClF3NO4/c1-26-15-8-10(7-13(19)16(15)27-2)17(25)23-9-14(24)11-5-3-4-6-12(11)18(20,21)22/h3-8,14,24H,9H2,1-2H3,(H,23,25). The molecule has 0 aliphatic carbocycles. The minimum Gasteiger partial charge on any atom is -0.493 e. The average Bonchev–Trinajstić information content (AvgIpc) is 2.64. The first-order chi connectivity index (χ1) is 12.7. The van der Waals surface area contributed by atoms with Crippen molar-refractivity contribution in [2.75, 3.05) is 20.8 Å². The second-order valence-electron chi connectivity index (χ2n) is 5.50. The largest absolute Gasteiger partial charge is 0.493 e. The van der Waals surface area contributed by atoms with Crippen LogP contribution in [0.1, 0.15) is 27.6 Å². The summed E-state index contributed by atoms with van der Waals surface area (Å²) in [6.07, 6.45) is -6.15. The van der Waals surface area contributed by atoms with E-state index in [2.05, 4.69) is 5.32 Å².